The predicted molar refractivity (Wildman–Crippen MR) is 130 cm³/mol. The predicted octanol–water partition coefficient (Wildman–Crippen LogP) is 3.64. The number of aryl methyl sites for hydroxylation is 2. The van der Waals surface area contributed by atoms with Crippen LogP contribution in [0.5, 0.6) is 0 Å². The zero-order valence-corrected chi connectivity index (χ0v) is 20.0. The van der Waals surface area contributed by atoms with E-state index in [1.807, 2.05) is 36.7 Å². The maximum absolute atomic E-state index is 12.9. The van der Waals surface area contributed by atoms with Gasteiger partial charge >= 0.3 is 0 Å². The van der Waals surface area contributed by atoms with E-state index in [9.17, 15) is 13.2 Å². The highest BCUT2D eigenvalue weighted by atomic mass is 32.2. The van der Waals surface area contributed by atoms with E-state index >= 15 is 0 Å². The number of nitrogens with one attached hydrogen (secondary N) is 1. The van der Waals surface area contributed by atoms with Gasteiger partial charge in [0.2, 0.25) is 0 Å². The van der Waals surface area contributed by atoms with Crippen molar-refractivity contribution in [3.63, 3.8) is 0 Å². The van der Waals surface area contributed by atoms with Crippen LogP contribution in [0.4, 0.5) is 5.69 Å². The zero-order valence-electron chi connectivity index (χ0n) is 19.1. The summed E-state index contributed by atoms with van der Waals surface area (Å²) in [7, 11) is -2.20. The first-order valence-corrected chi connectivity index (χ1v) is 12.1. The van der Waals surface area contributed by atoms with E-state index in [0.717, 1.165) is 22.8 Å². The van der Waals surface area contributed by atoms with Gasteiger partial charge in [-0.3, -0.25) is 13.7 Å². The molecule has 34 heavy (non-hydrogen) atoms. The van der Waals surface area contributed by atoms with Crippen molar-refractivity contribution < 1.29 is 13.2 Å². The van der Waals surface area contributed by atoms with Crippen LogP contribution in [0.25, 0.3) is 5.82 Å². The van der Waals surface area contributed by atoms with E-state index in [2.05, 4.69) is 15.3 Å². The Morgan fingerprint density at radius 3 is 2.32 bits per heavy atom. The monoisotopic (exact) mass is 475 g/mol. The van der Waals surface area contributed by atoms with Gasteiger partial charge < -0.3 is 5.32 Å². The summed E-state index contributed by atoms with van der Waals surface area (Å²) in [6.45, 7) is 4.12. The molecule has 2 heterocycles. The fourth-order valence-electron chi connectivity index (χ4n) is 3.44. The second kappa shape index (κ2) is 9.48. The zero-order chi connectivity index (χ0) is 24.3. The molecule has 0 aliphatic heterocycles. The number of aromatic nitrogens is 3. The van der Waals surface area contributed by atoms with Crippen LogP contribution in [0.1, 0.15) is 27.3 Å². The van der Waals surface area contributed by atoms with Gasteiger partial charge in [0, 0.05) is 37.7 Å². The maximum atomic E-state index is 12.9. The lowest BCUT2D eigenvalue weighted by molar-refractivity contribution is 0.0951. The average Bonchev–Trinajstić information content (AvgIpc) is 3.28. The smallest absolute Gasteiger partial charge is 0.264 e. The number of amides is 1. The third kappa shape index (κ3) is 4.84. The Morgan fingerprint density at radius 1 is 0.971 bits per heavy atom. The number of hydrogen-bond donors (Lipinski definition) is 1. The Bertz CT molecular complexity index is 1410. The third-order valence-corrected chi connectivity index (χ3v) is 7.31. The molecule has 1 N–H and O–H groups in total. The molecule has 0 saturated carbocycles. The number of rotatable bonds is 7. The van der Waals surface area contributed by atoms with Gasteiger partial charge in [0.25, 0.3) is 15.9 Å². The number of carbonyl (C=O) groups is 1. The number of carbonyl (C=O) groups excluding carboxylic acids is 1. The molecule has 174 valence electrons. The van der Waals surface area contributed by atoms with Crippen LogP contribution >= 0.6 is 0 Å². The normalized spacial score (nSPS) is 11.3. The van der Waals surface area contributed by atoms with Crippen LogP contribution in [0.15, 0.2) is 84.1 Å². The van der Waals surface area contributed by atoms with Gasteiger partial charge in [-0.25, -0.2) is 18.4 Å². The average molecular weight is 476 g/mol. The van der Waals surface area contributed by atoms with Crippen LogP contribution in [-0.2, 0) is 16.6 Å². The molecule has 0 fully saturated rings. The third-order valence-electron chi connectivity index (χ3n) is 5.51. The Kier molecular flexibility index (Phi) is 6.47. The maximum Gasteiger partial charge on any atom is 0.264 e. The Morgan fingerprint density at radius 2 is 1.68 bits per heavy atom. The van der Waals surface area contributed by atoms with Crippen molar-refractivity contribution in [2.45, 2.75) is 25.3 Å². The summed E-state index contributed by atoms with van der Waals surface area (Å²) in [4.78, 5) is 21.4. The number of nitrogens with zero attached hydrogens (tertiary/aromatic N) is 4. The molecule has 0 bridgehead atoms. The number of benzene rings is 2. The minimum absolute atomic E-state index is 0.213. The molecular weight excluding hydrogens is 450 g/mol. The van der Waals surface area contributed by atoms with E-state index in [0.29, 0.717) is 17.8 Å². The highest BCUT2D eigenvalue weighted by Crippen LogP contribution is 2.23. The van der Waals surface area contributed by atoms with Crippen LogP contribution in [0.3, 0.4) is 0 Å². The number of imidazole rings is 1. The fourth-order valence-corrected chi connectivity index (χ4v) is 4.63. The van der Waals surface area contributed by atoms with Crippen molar-refractivity contribution in [2.24, 2.45) is 0 Å². The molecule has 8 nitrogen and oxygen atoms in total. The Hall–Kier alpha value is -3.98. The topological polar surface area (TPSA) is 97.2 Å². The Labute approximate surface area is 199 Å². The number of hydrogen-bond acceptors (Lipinski definition) is 5. The number of anilines is 1. The fraction of sp³-hybridized carbons (Fsp3) is 0.160. The van der Waals surface area contributed by atoms with E-state index in [-0.39, 0.29) is 10.8 Å². The van der Waals surface area contributed by atoms with Gasteiger partial charge in [-0.15, -0.1) is 0 Å². The molecule has 4 aromatic rings. The first kappa shape index (κ1) is 23.2. The van der Waals surface area contributed by atoms with Gasteiger partial charge in [0.05, 0.1) is 10.6 Å². The van der Waals surface area contributed by atoms with E-state index < -0.39 is 10.0 Å². The van der Waals surface area contributed by atoms with Gasteiger partial charge in [-0.2, -0.15) is 0 Å². The summed E-state index contributed by atoms with van der Waals surface area (Å²) in [5, 5.41) is 2.89. The van der Waals surface area contributed by atoms with Crippen LogP contribution < -0.4 is 9.62 Å². The van der Waals surface area contributed by atoms with E-state index in [1.54, 1.807) is 60.9 Å². The second-order valence-corrected chi connectivity index (χ2v) is 9.85. The van der Waals surface area contributed by atoms with Crippen LogP contribution in [0.2, 0.25) is 0 Å². The molecule has 0 unspecified atom stereocenters. The van der Waals surface area contributed by atoms with Gasteiger partial charge in [0.15, 0.2) is 0 Å². The molecule has 0 spiro atoms. The van der Waals surface area contributed by atoms with E-state index in [4.69, 9.17) is 0 Å². The molecule has 0 aliphatic rings. The van der Waals surface area contributed by atoms with E-state index in [1.165, 1.54) is 11.4 Å². The largest absolute Gasteiger partial charge is 0.348 e. The van der Waals surface area contributed by atoms with Crippen molar-refractivity contribution in [2.75, 3.05) is 11.4 Å². The van der Waals surface area contributed by atoms with Crippen molar-refractivity contribution >= 4 is 21.6 Å². The lowest BCUT2D eigenvalue weighted by Gasteiger charge is -2.20. The molecule has 0 saturated heterocycles. The highest BCUT2D eigenvalue weighted by Gasteiger charge is 2.21. The molecule has 9 heteroatoms. The number of sulfonamides is 1. The summed E-state index contributed by atoms with van der Waals surface area (Å²) >= 11 is 0. The first-order valence-electron chi connectivity index (χ1n) is 10.6. The van der Waals surface area contributed by atoms with Gasteiger partial charge in [-0.05, 0) is 67.9 Å². The number of pyridine rings is 1. The molecule has 1 amide bonds. The summed E-state index contributed by atoms with van der Waals surface area (Å²) in [6, 6.07) is 16.9. The summed E-state index contributed by atoms with van der Waals surface area (Å²) in [5.41, 5.74) is 2.78. The molecule has 2 aromatic carbocycles. The first-order chi connectivity index (χ1) is 16.3. The second-order valence-electron chi connectivity index (χ2n) is 7.88. The Balaban J connectivity index is 1.42. The summed E-state index contributed by atoms with van der Waals surface area (Å²) < 4.78 is 28.9. The molecular formula is C25H25N5O3S. The molecule has 2 aromatic heterocycles. The van der Waals surface area contributed by atoms with Crippen molar-refractivity contribution in [1.29, 1.82) is 0 Å². The van der Waals surface area contributed by atoms with Crippen molar-refractivity contribution in [1.82, 2.24) is 19.9 Å². The highest BCUT2D eigenvalue weighted by molar-refractivity contribution is 7.92. The molecule has 0 radical (unpaired) electrons. The minimum atomic E-state index is -3.69. The van der Waals surface area contributed by atoms with Gasteiger partial charge in [0.1, 0.15) is 11.6 Å². The SMILES string of the molecule is Cc1ccc(S(=O)(=O)N(C)c2ccc(C(=O)NCc3ccnc(-n4ccnc4C)c3)cc2)cc1. The molecule has 0 atom stereocenters. The summed E-state index contributed by atoms with van der Waals surface area (Å²) in [5.74, 6) is 1.29. The minimum Gasteiger partial charge on any atom is -0.348 e. The van der Waals surface area contributed by atoms with Gasteiger partial charge in [-0.1, -0.05) is 17.7 Å². The lowest BCUT2D eigenvalue weighted by Crippen LogP contribution is -2.27. The molecule has 4 rings (SSSR count). The summed E-state index contributed by atoms with van der Waals surface area (Å²) in [6.07, 6.45) is 5.23. The van der Waals surface area contributed by atoms with Crippen LogP contribution in [-0.4, -0.2) is 35.9 Å². The van der Waals surface area contributed by atoms with Crippen molar-refractivity contribution in [3.05, 3.63) is 102 Å². The quantitative estimate of drug-likeness (QED) is 0.440. The molecule has 0 aliphatic carbocycles. The standard InChI is InChI=1S/C25H25N5O3S/c1-18-4-10-23(11-5-18)34(32,33)29(3)22-8-6-21(7-9-22)25(31)28-17-20-12-13-27-24(16-20)30-15-14-26-19(30)2/h4-16H,17H2,1-3H3,(H,28,31). The van der Waals surface area contributed by atoms with Crippen molar-refractivity contribution in [3.8, 4) is 5.82 Å². The lowest BCUT2D eigenvalue weighted by atomic mass is 10.2. The van der Waals surface area contributed by atoms with Crippen LogP contribution in [0, 0.1) is 13.8 Å².